The Labute approximate surface area is 229 Å². The number of rotatable bonds is 4. The van der Waals surface area contributed by atoms with Crippen molar-refractivity contribution >= 4 is 28.8 Å². The Hall–Kier alpha value is -3.75. The second-order valence-corrected chi connectivity index (χ2v) is 11.9. The third kappa shape index (κ3) is 5.40. The van der Waals surface area contributed by atoms with E-state index >= 15 is 0 Å². The van der Waals surface area contributed by atoms with Gasteiger partial charge in [0.25, 0.3) is 5.56 Å². The minimum absolute atomic E-state index is 0.0122. The number of nitrogens with zero attached hydrogens (tertiary/aromatic N) is 5. The molecular weight excluding hydrogens is 492 g/mol. The van der Waals surface area contributed by atoms with Crippen LogP contribution in [-0.2, 0) is 9.59 Å². The van der Waals surface area contributed by atoms with Crippen molar-refractivity contribution in [2.75, 3.05) is 31.5 Å². The van der Waals surface area contributed by atoms with Gasteiger partial charge in [-0.25, -0.2) is 4.98 Å². The smallest absolute Gasteiger partial charge is 0.260 e. The van der Waals surface area contributed by atoms with Gasteiger partial charge in [0.05, 0.1) is 6.04 Å². The van der Waals surface area contributed by atoms with Crippen molar-refractivity contribution in [2.45, 2.75) is 66.0 Å². The first kappa shape index (κ1) is 26.8. The lowest BCUT2D eigenvalue weighted by molar-refractivity contribution is -0.140. The van der Waals surface area contributed by atoms with Gasteiger partial charge in [-0.15, -0.1) is 0 Å². The van der Waals surface area contributed by atoms with E-state index in [0.29, 0.717) is 49.8 Å². The molecule has 5 rings (SSSR count). The van der Waals surface area contributed by atoms with Gasteiger partial charge in [0.1, 0.15) is 5.65 Å². The van der Waals surface area contributed by atoms with Crippen molar-refractivity contribution in [3.05, 3.63) is 52.4 Å². The Balaban J connectivity index is 1.48. The summed E-state index contributed by atoms with van der Waals surface area (Å²) in [5, 5.41) is 4.23. The molecule has 0 spiro atoms. The fraction of sp³-hybridized carbons (Fsp3) is 0.500. The van der Waals surface area contributed by atoms with Crippen LogP contribution >= 0.6 is 0 Å². The Morgan fingerprint density at radius 2 is 1.69 bits per heavy atom. The van der Waals surface area contributed by atoms with Crippen molar-refractivity contribution in [3.8, 4) is 11.1 Å². The van der Waals surface area contributed by atoms with E-state index in [9.17, 15) is 14.4 Å². The molecule has 0 bridgehead atoms. The number of benzene rings is 1. The largest absolute Gasteiger partial charge is 0.351 e. The third-order valence-electron chi connectivity index (χ3n) is 7.94. The number of hydrogen-bond donors (Lipinski definition) is 1. The van der Waals surface area contributed by atoms with Crippen LogP contribution < -0.4 is 10.9 Å². The Morgan fingerprint density at radius 1 is 1.00 bits per heavy atom. The second-order valence-electron chi connectivity index (χ2n) is 11.9. The highest BCUT2D eigenvalue weighted by atomic mass is 16.2. The van der Waals surface area contributed by atoms with Gasteiger partial charge < -0.3 is 15.1 Å². The number of aromatic nitrogens is 3. The van der Waals surface area contributed by atoms with Crippen molar-refractivity contribution < 1.29 is 9.59 Å². The molecule has 0 radical (unpaired) electrons. The molecule has 4 heterocycles. The number of carbonyl (C=O) groups is 2. The SMILES string of the molecule is CC(=O)N1CC[C@@H](n2c(=O)c(-c3ccccc3C)cc3cnc(NC4CCN(C(=O)C(C)(C)C)CC4)nc32)C1. The highest BCUT2D eigenvalue weighted by Crippen LogP contribution is 2.29. The van der Waals surface area contributed by atoms with Gasteiger partial charge in [-0.2, -0.15) is 4.98 Å². The van der Waals surface area contributed by atoms with Crippen LogP contribution in [0.1, 0.15) is 58.6 Å². The molecule has 3 aromatic rings. The van der Waals surface area contributed by atoms with E-state index in [-0.39, 0.29) is 34.9 Å². The second kappa shape index (κ2) is 10.4. The van der Waals surface area contributed by atoms with Crippen LogP contribution in [0.3, 0.4) is 0 Å². The highest BCUT2D eigenvalue weighted by Gasteiger charge is 2.31. The molecule has 0 saturated carbocycles. The summed E-state index contributed by atoms with van der Waals surface area (Å²) in [5.41, 5.74) is 2.60. The fourth-order valence-electron chi connectivity index (χ4n) is 5.72. The third-order valence-corrected chi connectivity index (χ3v) is 7.94. The molecule has 2 aliphatic rings. The summed E-state index contributed by atoms with van der Waals surface area (Å²) in [6.07, 6.45) is 4.08. The maximum atomic E-state index is 14.0. The topological polar surface area (TPSA) is 100 Å². The van der Waals surface area contributed by atoms with Crippen LogP contribution in [0.25, 0.3) is 22.2 Å². The Kier molecular flexibility index (Phi) is 7.18. The minimum atomic E-state index is -0.388. The van der Waals surface area contributed by atoms with Gasteiger partial charge in [-0.1, -0.05) is 45.0 Å². The predicted molar refractivity (Wildman–Crippen MR) is 153 cm³/mol. The average molecular weight is 531 g/mol. The number of piperidine rings is 1. The fourth-order valence-corrected chi connectivity index (χ4v) is 5.72. The zero-order valence-corrected chi connectivity index (χ0v) is 23.5. The zero-order valence-electron chi connectivity index (χ0n) is 23.5. The quantitative estimate of drug-likeness (QED) is 0.547. The standard InChI is InChI=1S/C30H38N6O3/c1-19-8-6-7-9-24(19)25-16-21-17-31-29(32-22-10-13-34(14-11-22)28(39)30(3,4)5)33-26(21)36(27(25)38)23-12-15-35(18-23)20(2)37/h6-9,16-17,22-23H,10-15,18H2,1-5H3,(H,31,32,33)/t23-/m1/s1. The molecule has 2 aliphatic heterocycles. The molecule has 2 aromatic heterocycles. The summed E-state index contributed by atoms with van der Waals surface area (Å²) in [5.74, 6) is 0.659. The summed E-state index contributed by atoms with van der Waals surface area (Å²) in [7, 11) is 0. The molecule has 1 atom stereocenters. The lowest BCUT2D eigenvalue weighted by atomic mass is 9.93. The number of likely N-dealkylation sites (tertiary alicyclic amines) is 2. The molecule has 0 unspecified atom stereocenters. The van der Waals surface area contributed by atoms with E-state index in [1.54, 1.807) is 22.6 Å². The number of carbonyl (C=O) groups excluding carboxylic acids is 2. The van der Waals surface area contributed by atoms with Crippen molar-refractivity contribution in [1.82, 2.24) is 24.3 Å². The number of hydrogen-bond acceptors (Lipinski definition) is 6. The van der Waals surface area contributed by atoms with E-state index in [2.05, 4.69) is 10.3 Å². The van der Waals surface area contributed by atoms with E-state index in [4.69, 9.17) is 4.98 Å². The van der Waals surface area contributed by atoms with Crippen LogP contribution in [-0.4, -0.2) is 68.4 Å². The van der Waals surface area contributed by atoms with Crippen LogP contribution in [0, 0.1) is 12.3 Å². The summed E-state index contributed by atoms with van der Waals surface area (Å²) >= 11 is 0. The molecule has 1 N–H and O–H groups in total. The highest BCUT2D eigenvalue weighted by molar-refractivity contribution is 5.83. The maximum Gasteiger partial charge on any atom is 0.260 e. The molecule has 2 saturated heterocycles. The van der Waals surface area contributed by atoms with Crippen LogP contribution in [0.15, 0.2) is 41.3 Å². The molecule has 1 aromatic carbocycles. The lowest BCUT2D eigenvalue weighted by Crippen LogP contribution is -2.46. The van der Waals surface area contributed by atoms with Gasteiger partial charge in [-0.3, -0.25) is 19.0 Å². The summed E-state index contributed by atoms with van der Waals surface area (Å²) in [6.45, 7) is 11.9. The van der Waals surface area contributed by atoms with Crippen molar-refractivity contribution in [1.29, 1.82) is 0 Å². The number of amides is 2. The van der Waals surface area contributed by atoms with Gasteiger partial charge in [-0.05, 0) is 43.4 Å². The van der Waals surface area contributed by atoms with E-state index < -0.39 is 0 Å². The lowest BCUT2D eigenvalue weighted by Gasteiger charge is -2.36. The predicted octanol–water partition coefficient (Wildman–Crippen LogP) is 4.01. The molecule has 9 heteroatoms. The van der Waals surface area contributed by atoms with E-state index in [1.165, 1.54) is 0 Å². The maximum absolute atomic E-state index is 14.0. The normalized spacial score (nSPS) is 18.5. The summed E-state index contributed by atoms with van der Waals surface area (Å²) in [4.78, 5) is 52.0. The minimum Gasteiger partial charge on any atom is -0.351 e. The Morgan fingerprint density at radius 3 is 2.33 bits per heavy atom. The molecular formula is C30H38N6O3. The number of pyridine rings is 1. The Bertz CT molecular complexity index is 1470. The first-order valence-corrected chi connectivity index (χ1v) is 13.8. The first-order chi connectivity index (χ1) is 18.5. The van der Waals surface area contributed by atoms with Crippen LogP contribution in [0.5, 0.6) is 0 Å². The molecule has 206 valence electrons. The zero-order chi connectivity index (χ0) is 27.9. The van der Waals surface area contributed by atoms with E-state index in [0.717, 1.165) is 29.4 Å². The number of fused-ring (bicyclic) bond motifs is 1. The molecule has 9 nitrogen and oxygen atoms in total. The first-order valence-electron chi connectivity index (χ1n) is 13.8. The molecule has 0 aliphatic carbocycles. The van der Waals surface area contributed by atoms with E-state index in [1.807, 2.05) is 62.9 Å². The molecule has 2 amide bonds. The van der Waals surface area contributed by atoms with Gasteiger partial charge in [0.2, 0.25) is 17.8 Å². The van der Waals surface area contributed by atoms with Crippen LogP contribution in [0.4, 0.5) is 5.95 Å². The number of aryl methyl sites for hydroxylation is 1. The molecule has 39 heavy (non-hydrogen) atoms. The van der Waals surface area contributed by atoms with Crippen molar-refractivity contribution in [3.63, 3.8) is 0 Å². The van der Waals surface area contributed by atoms with Crippen LogP contribution in [0.2, 0.25) is 0 Å². The molecule has 2 fully saturated rings. The summed E-state index contributed by atoms with van der Waals surface area (Å²) < 4.78 is 1.78. The number of anilines is 1. The van der Waals surface area contributed by atoms with Gasteiger partial charge in [0, 0.05) is 61.7 Å². The monoisotopic (exact) mass is 530 g/mol. The average Bonchev–Trinajstić information content (AvgIpc) is 3.39. The number of nitrogens with one attached hydrogen (secondary N) is 1. The van der Waals surface area contributed by atoms with Gasteiger partial charge >= 0.3 is 0 Å². The van der Waals surface area contributed by atoms with Gasteiger partial charge in [0.15, 0.2) is 0 Å². The van der Waals surface area contributed by atoms with Crippen molar-refractivity contribution in [2.24, 2.45) is 5.41 Å². The summed E-state index contributed by atoms with van der Waals surface area (Å²) in [6, 6.07) is 9.72.